The molecule has 1 unspecified atom stereocenters. The third-order valence-electron chi connectivity index (χ3n) is 3.20. The number of likely N-dealkylation sites (tertiary alicyclic amines) is 1. The van der Waals surface area contributed by atoms with Gasteiger partial charge in [-0.15, -0.1) is 0 Å². The molecule has 0 aliphatic carbocycles. The monoisotopic (exact) mass is 237 g/mol. The van der Waals surface area contributed by atoms with Crippen molar-refractivity contribution < 1.29 is 18.0 Å². The second-order valence-electron chi connectivity index (χ2n) is 4.61. The van der Waals surface area contributed by atoms with Crippen LogP contribution in [0.25, 0.3) is 0 Å². The highest BCUT2D eigenvalue weighted by molar-refractivity contribution is 5.76. The number of alkyl halides is 3. The van der Waals surface area contributed by atoms with Gasteiger partial charge in [-0.3, -0.25) is 4.79 Å². The summed E-state index contributed by atoms with van der Waals surface area (Å²) in [5.41, 5.74) is 0. The smallest absolute Gasteiger partial charge is 0.300 e. The summed E-state index contributed by atoms with van der Waals surface area (Å²) in [5, 5.41) is 0. The fourth-order valence-electron chi connectivity index (χ4n) is 2.21. The number of rotatable bonds is 3. The molecule has 0 amide bonds. The van der Waals surface area contributed by atoms with Crippen molar-refractivity contribution in [2.45, 2.75) is 45.3 Å². The number of carbonyl (C=O) groups excluding carboxylic acids is 1. The van der Waals surface area contributed by atoms with Crippen LogP contribution in [0.1, 0.15) is 33.1 Å². The standard InChI is InChI=1S/C11H18F3NO/c1-8(7-9(2)16)15-5-3-10(4-6-15)11(12,13)14/h8,10H,3-7H2,1-2H3. The Kier molecular flexibility index (Phi) is 4.35. The van der Waals surface area contributed by atoms with Crippen LogP contribution < -0.4 is 0 Å². The second-order valence-corrected chi connectivity index (χ2v) is 4.61. The average molecular weight is 237 g/mol. The topological polar surface area (TPSA) is 20.3 Å². The lowest BCUT2D eigenvalue weighted by Crippen LogP contribution is -2.43. The third kappa shape index (κ3) is 3.77. The van der Waals surface area contributed by atoms with E-state index in [4.69, 9.17) is 0 Å². The van der Waals surface area contributed by atoms with Gasteiger partial charge in [0.2, 0.25) is 0 Å². The molecule has 0 bridgehead atoms. The minimum Gasteiger partial charge on any atom is -0.300 e. The Labute approximate surface area is 93.8 Å². The molecule has 1 fully saturated rings. The molecule has 94 valence electrons. The highest BCUT2D eigenvalue weighted by atomic mass is 19.4. The van der Waals surface area contributed by atoms with Gasteiger partial charge in [-0.1, -0.05) is 0 Å². The molecule has 16 heavy (non-hydrogen) atoms. The first kappa shape index (κ1) is 13.5. The van der Waals surface area contributed by atoms with Crippen LogP contribution in [0.2, 0.25) is 0 Å². The molecule has 2 nitrogen and oxygen atoms in total. The molecule has 0 aromatic rings. The van der Waals surface area contributed by atoms with Gasteiger partial charge in [-0.25, -0.2) is 0 Å². The number of carbonyl (C=O) groups is 1. The van der Waals surface area contributed by atoms with E-state index < -0.39 is 12.1 Å². The Balaban J connectivity index is 2.40. The van der Waals surface area contributed by atoms with Crippen molar-refractivity contribution in [2.24, 2.45) is 5.92 Å². The molecule has 0 saturated carbocycles. The van der Waals surface area contributed by atoms with E-state index in [1.54, 1.807) is 0 Å². The second kappa shape index (κ2) is 5.17. The van der Waals surface area contributed by atoms with Gasteiger partial charge >= 0.3 is 6.18 Å². The molecule has 0 spiro atoms. The zero-order valence-electron chi connectivity index (χ0n) is 9.68. The van der Waals surface area contributed by atoms with Crippen LogP contribution in [0.4, 0.5) is 13.2 Å². The van der Waals surface area contributed by atoms with Gasteiger partial charge in [0.15, 0.2) is 0 Å². The molecule has 1 saturated heterocycles. The first-order valence-electron chi connectivity index (χ1n) is 5.61. The Morgan fingerprint density at radius 3 is 2.25 bits per heavy atom. The molecule has 1 rings (SSSR count). The fraction of sp³-hybridized carbons (Fsp3) is 0.909. The van der Waals surface area contributed by atoms with Gasteiger partial charge in [-0.05, 0) is 39.8 Å². The molecule has 0 aromatic carbocycles. The van der Waals surface area contributed by atoms with Crippen LogP contribution >= 0.6 is 0 Å². The van der Waals surface area contributed by atoms with E-state index in [0.29, 0.717) is 19.5 Å². The number of nitrogens with zero attached hydrogens (tertiary/aromatic N) is 1. The van der Waals surface area contributed by atoms with Crippen LogP contribution in [-0.2, 0) is 4.79 Å². The summed E-state index contributed by atoms with van der Waals surface area (Å²) >= 11 is 0. The van der Waals surface area contributed by atoms with Crippen LogP contribution in [0.3, 0.4) is 0 Å². The van der Waals surface area contributed by atoms with Gasteiger partial charge in [0.05, 0.1) is 5.92 Å². The molecule has 1 atom stereocenters. The van der Waals surface area contributed by atoms with Crippen molar-refractivity contribution in [1.82, 2.24) is 4.90 Å². The number of piperidine rings is 1. The summed E-state index contributed by atoms with van der Waals surface area (Å²) in [6.45, 7) is 4.30. The Morgan fingerprint density at radius 2 is 1.88 bits per heavy atom. The van der Waals surface area contributed by atoms with E-state index in [9.17, 15) is 18.0 Å². The molecule has 1 aliphatic rings. The zero-order valence-corrected chi connectivity index (χ0v) is 9.68. The summed E-state index contributed by atoms with van der Waals surface area (Å²) in [5.74, 6) is -1.07. The molecule has 1 aliphatic heterocycles. The Bertz CT molecular complexity index is 244. The quantitative estimate of drug-likeness (QED) is 0.752. The normalized spacial score (nSPS) is 22.1. The molecular weight excluding hydrogens is 219 g/mol. The van der Waals surface area contributed by atoms with Crippen molar-refractivity contribution in [2.75, 3.05) is 13.1 Å². The van der Waals surface area contributed by atoms with Crippen LogP contribution in [0.15, 0.2) is 0 Å². The average Bonchev–Trinajstić information content (AvgIpc) is 2.15. The maximum Gasteiger partial charge on any atom is 0.391 e. The van der Waals surface area contributed by atoms with Crippen molar-refractivity contribution in [3.05, 3.63) is 0 Å². The van der Waals surface area contributed by atoms with Crippen molar-refractivity contribution in [3.8, 4) is 0 Å². The highest BCUT2D eigenvalue weighted by Crippen LogP contribution is 2.34. The van der Waals surface area contributed by atoms with Crippen molar-refractivity contribution in [3.63, 3.8) is 0 Å². The Hall–Kier alpha value is -0.580. The van der Waals surface area contributed by atoms with Gasteiger partial charge in [0, 0.05) is 12.5 Å². The number of ketones is 1. The first-order valence-corrected chi connectivity index (χ1v) is 5.61. The minimum atomic E-state index is -4.06. The van der Waals surface area contributed by atoms with Gasteiger partial charge in [0.25, 0.3) is 0 Å². The summed E-state index contributed by atoms with van der Waals surface area (Å²) in [7, 11) is 0. The van der Waals surface area contributed by atoms with E-state index in [2.05, 4.69) is 0 Å². The zero-order chi connectivity index (χ0) is 12.3. The van der Waals surface area contributed by atoms with Crippen LogP contribution in [0, 0.1) is 5.92 Å². The molecule has 1 heterocycles. The van der Waals surface area contributed by atoms with Crippen LogP contribution in [-0.4, -0.2) is 36.0 Å². The number of hydrogen-bond donors (Lipinski definition) is 0. The van der Waals surface area contributed by atoms with E-state index in [-0.39, 0.29) is 24.7 Å². The van der Waals surface area contributed by atoms with Crippen molar-refractivity contribution in [1.29, 1.82) is 0 Å². The van der Waals surface area contributed by atoms with Gasteiger partial charge in [0.1, 0.15) is 5.78 Å². The molecule has 0 aromatic heterocycles. The lowest BCUT2D eigenvalue weighted by atomic mass is 9.95. The molecule has 5 heteroatoms. The molecular formula is C11H18F3NO. The predicted molar refractivity (Wildman–Crippen MR) is 55.1 cm³/mol. The number of Topliss-reactive ketones (excluding diaryl/α,β-unsaturated/α-hetero) is 1. The highest BCUT2D eigenvalue weighted by Gasteiger charge is 2.41. The summed E-state index contributed by atoms with van der Waals surface area (Å²) in [6.07, 6.45) is -3.32. The fourth-order valence-corrected chi connectivity index (χ4v) is 2.21. The third-order valence-corrected chi connectivity index (χ3v) is 3.20. The van der Waals surface area contributed by atoms with E-state index >= 15 is 0 Å². The van der Waals surface area contributed by atoms with E-state index in [0.717, 1.165) is 0 Å². The molecule has 0 N–H and O–H groups in total. The summed E-state index contributed by atoms with van der Waals surface area (Å²) in [4.78, 5) is 12.9. The van der Waals surface area contributed by atoms with Crippen LogP contribution in [0.5, 0.6) is 0 Å². The number of hydrogen-bond acceptors (Lipinski definition) is 2. The summed E-state index contributed by atoms with van der Waals surface area (Å²) < 4.78 is 37.2. The largest absolute Gasteiger partial charge is 0.391 e. The van der Waals surface area contributed by atoms with E-state index in [1.165, 1.54) is 6.92 Å². The lowest BCUT2D eigenvalue weighted by Gasteiger charge is -2.36. The number of halogens is 3. The molecule has 0 radical (unpaired) electrons. The van der Waals surface area contributed by atoms with Crippen molar-refractivity contribution >= 4 is 5.78 Å². The van der Waals surface area contributed by atoms with Gasteiger partial charge in [-0.2, -0.15) is 13.2 Å². The maximum absolute atomic E-state index is 12.4. The lowest BCUT2D eigenvalue weighted by molar-refractivity contribution is -0.186. The summed E-state index contributed by atoms with van der Waals surface area (Å²) in [6, 6.07) is 0.0617. The Morgan fingerprint density at radius 1 is 1.38 bits per heavy atom. The minimum absolute atomic E-state index is 0.0617. The van der Waals surface area contributed by atoms with E-state index in [1.807, 2.05) is 11.8 Å². The van der Waals surface area contributed by atoms with Gasteiger partial charge < -0.3 is 4.90 Å². The maximum atomic E-state index is 12.4. The first-order chi connectivity index (χ1) is 7.30. The predicted octanol–water partition coefficient (Wildman–Crippen LogP) is 2.63. The SMILES string of the molecule is CC(=O)CC(C)N1CCC(C(F)(F)F)CC1.